The Labute approximate surface area is 119 Å². The fourth-order valence-electron chi connectivity index (χ4n) is 1.81. The lowest BCUT2D eigenvalue weighted by molar-refractivity contribution is -0.127. The Morgan fingerprint density at radius 2 is 1.63 bits per heavy atom. The van der Waals surface area contributed by atoms with Crippen molar-refractivity contribution in [2.24, 2.45) is 10.8 Å². The molecule has 0 saturated carbocycles. The smallest absolute Gasteiger partial charge is 0.281 e. The summed E-state index contributed by atoms with van der Waals surface area (Å²) in [7, 11) is 1.62. The zero-order chi connectivity index (χ0) is 15.9. The summed E-state index contributed by atoms with van der Waals surface area (Å²) < 4.78 is 12.7. The second kappa shape index (κ2) is 8.34. The molecule has 0 bridgehead atoms. The number of nitrogens with zero attached hydrogens (tertiary/aromatic N) is 1. The lowest BCUT2D eigenvalue weighted by Gasteiger charge is -2.42. The maximum Gasteiger partial charge on any atom is 0.281 e. The van der Waals surface area contributed by atoms with E-state index in [0.717, 1.165) is 12.8 Å². The Balaban J connectivity index is 0. The number of hydrogen-bond acceptors (Lipinski definition) is 1. The monoisotopic (exact) mass is 273 g/mol. The molecule has 0 heterocycles. The Hall–Kier alpha value is -0.860. The molecule has 0 aliphatic heterocycles. The van der Waals surface area contributed by atoms with E-state index in [4.69, 9.17) is 0 Å². The number of hydrogen-bond donors (Lipinski definition) is 0. The van der Waals surface area contributed by atoms with E-state index in [-0.39, 0.29) is 10.8 Å². The topological polar surface area (TPSA) is 20.3 Å². The molecule has 1 atom stereocenters. The summed E-state index contributed by atoms with van der Waals surface area (Å²) >= 11 is 0. The summed E-state index contributed by atoms with van der Waals surface area (Å²) in [5.74, 6) is -1.50. The third kappa shape index (κ3) is 6.22. The van der Waals surface area contributed by atoms with Crippen LogP contribution in [0.4, 0.5) is 4.39 Å². The van der Waals surface area contributed by atoms with Crippen LogP contribution in [-0.2, 0) is 4.79 Å². The number of halogens is 1. The van der Waals surface area contributed by atoms with E-state index in [2.05, 4.69) is 41.2 Å². The minimum absolute atomic E-state index is 0.138. The van der Waals surface area contributed by atoms with Gasteiger partial charge in [0.1, 0.15) is 0 Å². The third-order valence-electron chi connectivity index (χ3n) is 4.17. The lowest BCUT2D eigenvalue weighted by Crippen LogP contribution is -2.37. The van der Waals surface area contributed by atoms with E-state index in [1.54, 1.807) is 7.05 Å². The van der Waals surface area contributed by atoms with Crippen molar-refractivity contribution in [2.75, 3.05) is 13.6 Å². The van der Waals surface area contributed by atoms with Crippen LogP contribution >= 0.6 is 0 Å². The van der Waals surface area contributed by atoms with Gasteiger partial charge in [-0.3, -0.25) is 4.79 Å². The van der Waals surface area contributed by atoms with Gasteiger partial charge in [-0.25, -0.2) is 4.39 Å². The third-order valence-corrected chi connectivity index (χ3v) is 4.17. The van der Waals surface area contributed by atoms with E-state index < -0.39 is 11.7 Å². The number of carbonyl (C=O) groups is 1. The molecule has 1 amide bonds. The molecule has 0 aromatic carbocycles. The van der Waals surface area contributed by atoms with E-state index in [1.165, 1.54) is 4.90 Å². The standard InChI is InChI=1S/C14H26FNO.C2H6/c1-8-14(6,13(3,4)5)9-10-16(7)12(17)11(2)15;1-2/h2,8-10H2,1,3-7H3;1-2H3. The van der Waals surface area contributed by atoms with Gasteiger partial charge in [0.25, 0.3) is 5.91 Å². The Morgan fingerprint density at radius 3 is 1.89 bits per heavy atom. The minimum atomic E-state index is -0.888. The highest BCUT2D eigenvalue weighted by Gasteiger charge is 2.35. The summed E-state index contributed by atoms with van der Waals surface area (Å²) in [5, 5.41) is 0. The van der Waals surface area contributed by atoms with E-state index in [1.807, 2.05) is 13.8 Å². The molecular weight excluding hydrogens is 241 g/mol. The average Bonchev–Trinajstić information content (AvgIpc) is 2.35. The van der Waals surface area contributed by atoms with Crippen LogP contribution in [0.1, 0.15) is 61.3 Å². The Kier molecular flexibility index (Phi) is 8.98. The van der Waals surface area contributed by atoms with Crippen molar-refractivity contribution in [3.63, 3.8) is 0 Å². The van der Waals surface area contributed by atoms with Crippen molar-refractivity contribution in [3.05, 3.63) is 12.4 Å². The number of rotatable bonds is 5. The number of likely N-dealkylation sites (N-methyl/N-ethyl adjacent to an activating group) is 1. The fourth-order valence-corrected chi connectivity index (χ4v) is 1.81. The van der Waals surface area contributed by atoms with Gasteiger partial charge in [-0.1, -0.05) is 61.5 Å². The average molecular weight is 273 g/mol. The van der Waals surface area contributed by atoms with Crippen LogP contribution in [0.3, 0.4) is 0 Å². The highest BCUT2D eigenvalue weighted by molar-refractivity contribution is 5.90. The Bertz CT molecular complexity index is 294. The van der Waals surface area contributed by atoms with Crippen LogP contribution in [0.5, 0.6) is 0 Å². The number of carbonyl (C=O) groups excluding carboxylic acids is 1. The first-order valence-electron chi connectivity index (χ1n) is 7.15. The molecule has 0 radical (unpaired) electrons. The molecule has 2 nitrogen and oxygen atoms in total. The van der Waals surface area contributed by atoms with Crippen molar-refractivity contribution in [3.8, 4) is 0 Å². The maximum atomic E-state index is 12.7. The predicted octanol–water partition coefficient (Wildman–Crippen LogP) is 4.81. The molecule has 0 aliphatic rings. The molecule has 0 rings (SSSR count). The van der Waals surface area contributed by atoms with Crippen LogP contribution < -0.4 is 0 Å². The van der Waals surface area contributed by atoms with Gasteiger partial charge < -0.3 is 4.90 Å². The molecule has 19 heavy (non-hydrogen) atoms. The van der Waals surface area contributed by atoms with E-state index in [9.17, 15) is 9.18 Å². The quantitative estimate of drug-likeness (QED) is 0.658. The summed E-state index contributed by atoms with van der Waals surface area (Å²) in [5.41, 5.74) is 0.303. The molecule has 114 valence electrons. The summed E-state index contributed by atoms with van der Waals surface area (Å²) in [6.45, 7) is 18.6. The SMILES string of the molecule is C=C(F)C(=O)N(C)CCC(C)(CC)C(C)(C)C.CC. The lowest BCUT2D eigenvalue weighted by atomic mass is 9.64. The van der Waals surface area contributed by atoms with Gasteiger partial charge in [0.05, 0.1) is 0 Å². The molecule has 0 aliphatic carbocycles. The zero-order valence-electron chi connectivity index (χ0n) is 14.1. The summed E-state index contributed by atoms with van der Waals surface area (Å²) in [4.78, 5) is 12.8. The molecule has 0 spiro atoms. The van der Waals surface area contributed by atoms with E-state index in [0.29, 0.717) is 6.54 Å². The minimum Gasteiger partial charge on any atom is -0.340 e. The molecule has 0 aromatic heterocycles. The van der Waals surface area contributed by atoms with Crippen molar-refractivity contribution in [2.45, 2.75) is 61.3 Å². The normalized spacial score (nSPS) is 13.9. The highest BCUT2D eigenvalue weighted by atomic mass is 19.1. The first kappa shape index (κ1) is 20.5. The predicted molar refractivity (Wildman–Crippen MR) is 81.7 cm³/mol. The van der Waals surface area contributed by atoms with Crippen molar-refractivity contribution in [1.29, 1.82) is 0 Å². The van der Waals surface area contributed by atoms with Crippen LogP contribution in [-0.4, -0.2) is 24.4 Å². The highest BCUT2D eigenvalue weighted by Crippen LogP contribution is 2.44. The van der Waals surface area contributed by atoms with Crippen LogP contribution in [0.25, 0.3) is 0 Å². The van der Waals surface area contributed by atoms with Gasteiger partial charge in [-0.2, -0.15) is 0 Å². The van der Waals surface area contributed by atoms with Crippen molar-refractivity contribution >= 4 is 5.91 Å². The van der Waals surface area contributed by atoms with E-state index >= 15 is 0 Å². The van der Waals surface area contributed by atoms with Crippen LogP contribution in [0.2, 0.25) is 0 Å². The first-order chi connectivity index (χ1) is 8.55. The summed E-state index contributed by atoms with van der Waals surface area (Å²) in [6.07, 6.45) is 1.90. The van der Waals surface area contributed by atoms with Gasteiger partial charge in [0.15, 0.2) is 5.83 Å². The molecule has 1 unspecified atom stereocenters. The fraction of sp³-hybridized carbons (Fsp3) is 0.812. The van der Waals surface area contributed by atoms with Gasteiger partial charge in [-0.15, -0.1) is 0 Å². The molecular formula is C16H32FNO. The van der Waals surface area contributed by atoms with Crippen molar-refractivity contribution in [1.82, 2.24) is 4.90 Å². The molecule has 3 heteroatoms. The molecule has 0 N–H and O–H groups in total. The summed E-state index contributed by atoms with van der Waals surface area (Å²) in [6, 6.07) is 0. The molecule has 0 saturated heterocycles. The van der Waals surface area contributed by atoms with Crippen LogP contribution in [0.15, 0.2) is 12.4 Å². The zero-order valence-corrected chi connectivity index (χ0v) is 14.1. The maximum absolute atomic E-state index is 12.7. The van der Waals surface area contributed by atoms with Crippen LogP contribution in [0, 0.1) is 10.8 Å². The second-order valence-electron chi connectivity index (χ2n) is 6.05. The number of amides is 1. The van der Waals surface area contributed by atoms with Crippen molar-refractivity contribution < 1.29 is 9.18 Å². The van der Waals surface area contributed by atoms with Gasteiger partial charge >= 0.3 is 0 Å². The molecule has 0 aromatic rings. The largest absolute Gasteiger partial charge is 0.340 e. The molecule has 0 fully saturated rings. The van der Waals surface area contributed by atoms with Gasteiger partial charge in [-0.05, 0) is 17.3 Å². The Morgan fingerprint density at radius 1 is 1.21 bits per heavy atom. The first-order valence-corrected chi connectivity index (χ1v) is 7.15. The van der Waals surface area contributed by atoms with Gasteiger partial charge in [0, 0.05) is 13.6 Å². The van der Waals surface area contributed by atoms with Gasteiger partial charge in [0.2, 0.25) is 0 Å². The second-order valence-corrected chi connectivity index (χ2v) is 6.05.